The first kappa shape index (κ1) is 22.3. The van der Waals surface area contributed by atoms with E-state index in [9.17, 15) is 9.59 Å². The number of para-hydroxylation sites is 1. The Labute approximate surface area is 199 Å². The van der Waals surface area contributed by atoms with Crippen LogP contribution in [0.5, 0.6) is 5.75 Å². The van der Waals surface area contributed by atoms with Gasteiger partial charge in [-0.05, 0) is 54.7 Å². The second-order valence-electron chi connectivity index (χ2n) is 6.94. The Morgan fingerprint density at radius 1 is 0.939 bits per heavy atom. The molecule has 0 radical (unpaired) electrons. The van der Waals surface area contributed by atoms with Crippen molar-refractivity contribution >= 4 is 63.1 Å². The Bertz CT molecular complexity index is 1340. The number of benzene rings is 3. The van der Waals surface area contributed by atoms with Gasteiger partial charge in [-0.25, -0.2) is 0 Å². The number of rotatable bonds is 5. The van der Waals surface area contributed by atoms with Crippen LogP contribution in [0.15, 0.2) is 77.2 Å². The van der Waals surface area contributed by atoms with Crippen LogP contribution in [0.3, 0.4) is 0 Å². The van der Waals surface area contributed by atoms with Crippen molar-refractivity contribution in [1.29, 1.82) is 0 Å². The van der Waals surface area contributed by atoms with Crippen molar-refractivity contribution in [3.8, 4) is 5.75 Å². The molecule has 3 aromatic carbocycles. The summed E-state index contributed by atoms with van der Waals surface area (Å²) in [5, 5.41) is 9.67. The highest BCUT2D eigenvalue weighted by Crippen LogP contribution is 2.29. The third-order valence-electron chi connectivity index (χ3n) is 4.67. The van der Waals surface area contributed by atoms with Crippen LogP contribution < -0.4 is 20.7 Å². The number of carbonyl (C=O) groups excluding carboxylic acids is 2. The van der Waals surface area contributed by atoms with Gasteiger partial charge in [0.15, 0.2) is 10.9 Å². The molecule has 0 aliphatic rings. The lowest BCUT2D eigenvalue weighted by molar-refractivity contribution is 0.0975. The van der Waals surface area contributed by atoms with Crippen LogP contribution >= 0.6 is 23.8 Å². The zero-order valence-electron chi connectivity index (χ0n) is 17.3. The number of hydrogen-bond donors (Lipinski definition) is 3. The fourth-order valence-corrected chi connectivity index (χ4v) is 3.52. The van der Waals surface area contributed by atoms with Gasteiger partial charge in [0.25, 0.3) is 11.8 Å². The number of anilines is 2. The van der Waals surface area contributed by atoms with Gasteiger partial charge in [0, 0.05) is 27.7 Å². The minimum absolute atomic E-state index is 0.0982. The molecule has 0 saturated heterocycles. The molecular weight excluding hydrogens is 462 g/mol. The first-order chi connectivity index (χ1) is 15.9. The molecular formula is C24H18ClN3O4S. The third-order valence-corrected chi connectivity index (χ3v) is 5.11. The molecule has 0 fully saturated rings. The lowest BCUT2D eigenvalue weighted by Crippen LogP contribution is -2.34. The number of furan rings is 1. The van der Waals surface area contributed by atoms with Crippen molar-refractivity contribution < 1.29 is 18.7 Å². The summed E-state index contributed by atoms with van der Waals surface area (Å²) >= 11 is 11.1. The maximum absolute atomic E-state index is 12.6. The van der Waals surface area contributed by atoms with Gasteiger partial charge in [0.2, 0.25) is 0 Å². The van der Waals surface area contributed by atoms with Crippen LogP contribution in [0, 0.1) is 0 Å². The van der Waals surface area contributed by atoms with E-state index < -0.39 is 11.8 Å². The number of fused-ring (bicyclic) bond motifs is 1. The maximum Gasteiger partial charge on any atom is 0.291 e. The van der Waals surface area contributed by atoms with E-state index in [2.05, 4.69) is 16.0 Å². The molecule has 7 nitrogen and oxygen atoms in total. The highest BCUT2D eigenvalue weighted by atomic mass is 35.5. The largest absolute Gasteiger partial charge is 0.494 e. The summed E-state index contributed by atoms with van der Waals surface area (Å²) < 4.78 is 11.0. The molecule has 2 amide bonds. The summed E-state index contributed by atoms with van der Waals surface area (Å²) in [6, 6.07) is 20.6. The minimum Gasteiger partial charge on any atom is -0.494 e. The average molecular weight is 480 g/mol. The van der Waals surface area contributed by atoms with Gasteiger partial charge in [-0.1, -0.05) is 35.9 Å². The van der Waals surface area contributed by atoms with Gasteiger partial charge in [0.1, 0.15) is 11.3 Å². The second kappa shape index (κ2) is 9.72. The fraction of sp³-hybridized carbons (Fsp3) is 0.0417. The number of ether oxygens (including phenoxy) is 1. The van der Waals surface area contributed by atoms with Crippen molar-refractivity contribution in [3.63, 3.8) is 0 Å². The van der Waals surface area contributed by atoms with Gasteiger partial charge >= 0.3 is 0 Å². The number of amides is 2. The number of hydrogen-bond acceptors (Lipinski definition) is 5. The normalized spacial score (nSPS) is 10.5. The molecule has 1 heterocycles. The van der Waals surface area contributed by atoms with Crippen molar-refractivity contribution in [2.24, 2.45) is 0 Å². The molecule has 9 heteroatoms. The van der Waals surface area contributed by atoms with Crippen molar-refractivity contribution in [1.82, 2.24) is 5.32 Å². The number of nitrogens with one attached hydrogen (secondary N) is 3. The van der Waals surface area contributed by atoms with Crippen molar-refractivity contribution in [2.75, 3.05) is 17.7 Å². The van der Waals surface area contributed by atoms with E-state index in [1.807, 2.05) is 18.2 Å². The molecule has 33 heavy (non-hydrogen) atoms. The van der Waals surface area contributed by atoms with E-state index in [0.29, 0.717) is 33.3 Å². The molecule has 0 unspecified atom stereocenters. The molecule has 4 rings (SSSR count). The van der Waals surface area contributed by atoms with Gasteiger partial charge in [-0.2, -0.15) is 0 Å². The van der Waals surface area contributed by atoms with E-state index in [1.165, 1.54) is 7.11 Å². The zero-order valence-corrected chi connectivity index (χ0v) is 18.9. The van der Waals surface area contributed by atoms with Crippen LogP contribution in [-0.4, -0.2) is 24.0 Å². The van der Waals surface area contributed by atoms with Crippen LogP contribution in [0.1, 0.15) is 20.9 Å². The number of carbonyl (C=O) groups is 2. The van der Waals surface area contributed by atoms with E-state index >= 15 is 0 Å². The number of thiocarbonyl (C=S) groups is 1. The summed E-state index contributed by atoms with van der Waals surface area (Å²) in [7, 11) is 1.48. The molecule has 0 atom stereocenters. The Kier molecular flexibility index (Phi) is 6.58. The fourth-order valence-electron chi connectivity index (χ4n) is 3.12. The topological polar surface area (TPSA) is 92.6 Å². The summed E-state index contributed by atoms with van der Waals surface area (Å²) in [4.78, 5) is 25.0. The molecule has 0 aliphatic heterocycles. The zero-order chi connectivity index (χ0) is 23.4. The Morgan fingerprint density at radius 3 is 2.52 bits per heavy atom. The van der Waals surface area contributed by atoms with Crippen molar-refractivity contribution in [2.45, 2.75) is 0 Å². The number of halogens is 1. The molecule has 0 saturated carbocycles. The first-order valence-electron chi connectivity index (χ1n) is 9.79. The Hall–Kier alpha value is -3.88. The van der Waals surface area contributed by atoms with Gasteiger partial charge in [-0.3, -0.25) is 14.9 Å². The smallest absolute Gasteiger partial charge is 0.291 e. The molecule has 0 spiro atoms. The predicted molar refractivity (Wildman–Crippen MR) is 132 cm³/mol. The van der Waals surface area contributed by atoms with Crippen LogP contribution in [0.4, 0.5) is 11.4 Å². The summed E-state index contributed by atoms with van der Waals surface area (Å²) in [6.45, 7) is 0. The summed E-state index contributed by atoms with van der Waals surface area (Å²) in [5.41, 5.74) is 2.02. The molecule has 0 aliphatic carbocycles. The number of methoxy groups -OCH3 is 1. The van der Waals surface area contributed by atoms with Crippen LogP contribution in [0.25, 0.3) is 11.0 Å². The molecule has 3 N–H and O–H groups in total. The lowest BCUT2D eigenvalue weighted by Gasteiger charge is -2.13. The molecule has 1 aromatic heterocycles. The maximum atomic E-state index is 12.6. The van der Waals surface area contributed by atoms with Gasteiger partial charge in [-0.15, -0.1) is 0 Å². The van der Waals surface area contributed by atoms with E-state index in [0.717, 1.165) is 5.39 Å². The van der Waals surface area contributed by atoms with E-state index in [4.69, 9.17) is 33.0 Å². The standard InChI is InChI=1S/C24H18ClN3O4S/c1-31-20-13-17(26-24(33)28-22(29)15-6-4-7-16(25)11-15)9-10-18(20)27-23(30)21-12-14-5-2-3-8-19(14)32-21/h2-13H,1H3,(H,27,30)(H2,26,28,29,33). The Balaban J connectivity index is 1.43. The minimum atomic E-state index is -0.408. The highest BCUT2D eigenvalue weighted by Gasteiger charge is 2.15. The first-order valence-corrected chi connectivity index (χ1v) is 10.6. The molecule has 4 aromatic rings. The lowest BCUT2D eigenvalue weighted by atomic mass is 10.2. The van der Waals surface area contributed by atoms with Crippen LogP contribution in [0.2, 0.25) is 5.02 Å². The van der Waals surface area contributed by atoms with E-state index in [-0.39, 0.29) is 10.9 Å². The Morgan fingerprint density at radius 2 is 1.76 bits per heavy atom. The van der Waals surface area contributed by atoms with Crippen molar-refractivity contribution in [3.05, 3.63) is 89.1 Å². The third kappa shape index (κ3) is 5.31. The van der Waals surface area contributed by atoms with Crippen LogP contribution in [-0.2, 0) is 0 Å². The van der Waals surface area contributed by atoms with E-state index in [1.54, 1.807) is 54.6 Å². The monoisotopic (exact) mass is 479 g/mol. The molecule has 166 valence electrons. The van der Waals surface area contributed by atoms with Gasteiger partial charge < -0.3 is 19.8 Å². The predicted octanol–water partition coefficient (Wildman–Crippen LogP) is 5.47. The van der Waals surface area contributed by atoms with Gasteiger partial charge in [0.05, 0.1) is 12.8 Å². The summed E-state index contributed by atoms with van der Waals surface area (Å²) in [5.74, 6) is -0.218. The second-order valence-corrected chi connectivity index (χ2v) is 7.78. The highest BCUT2D eigenvalue weighted by molar-refractivity contribution is 7.80. The quantitative estimate of drug-likeness (QED) is 0.328. The SMILES string of the molecule is COc1cc(NC(=S)NC(=O)c2cccc(Cl)c2)ccc1NC(=O)c1cc2ccccc2o1. The summed E-state index contributed by atoms with van der Waals surface area (Å²) in [6.07, 6.45) is 0. The average Bonchev–Trinajstić information content (AvgIpc) is 3.24. The molecule has 0 bridgehead atoms.